The summed E-state index contributed by atoms with van der Waals surface area (Å²) in [5, 5.41) is 2.71. The first kappa shape index (κ1) is 23.2. The number of nitrogens with one attached hydrogen (secondary N) is 2. The number of methoxy groups -OCH3 is 2. The number of ether oxygens (including phenoxy) is 2. The van der Waals surface area contributed by atoms with Crippen LogP contribution in [-0.2, 0) is 21.2 Å². The molecule has 0 spiro atoms. The lowest BCUT2D eigenvalue weighted by Crippen LogP contribution is -2.45. The summed E-state index contributed by atoms with van der Waals surface area (Å²) in [4.78, 5) is 12.9. The summed E-state index contributed by atoms with van der Waals surface area (Å²) in [6.45, 7) is 0. The molecule has 0 aromatic heterocycles. The van der Waals surface area contributed by atoms with Gasteiger partial charge < -0.3 is 14.8 Å². The fourth-order valence-corrected chi connectivity index (χ4v) is 4.25. The average Bonchev–Trinajstić information content (AvgIpc) is 2.79. The molecule has 0 heterocycles. The van der Waals surface area contributed by atoms with E-state index in [9.17, 15) is 17.6 Å². The predicted molar refractivity (Wildman–Crippen MR) is 119 cm³/mol. The molecule has 3 aromatic rings. The molecule has 3 rings (SSSR count). The summed E-state index contributed by atoms with van der Waals surface area (Å²) in [6, 6.07) is 17.1. The predicted octanol–water partition coefficient (Wildman–Crippen LogP) is 3.37. The molecular weight excluding hydrogens is 435 g/mol. The second-order valence-electron chi connectivity index (χ2n) is 6.88. The van der Waals surface area contributed by atoms with E-state index in [0.29, 0.717) is 17.2 Å². The van der Waals surface area contributed by atoms with Crippen LogP contribution in [0, 0.1) is 5.82 Å². The zero-order valence-electron chi connectivity index (χ0n) is 17.5. The van der Waals surface area contributed by atoms with E-state index in [0.717, 1.165) is 29.8 Å². The smallest absolute Gasteiger partial charge is 0.242 e. The number of carbonyl (C=O) groups is 1. The Labute approximate surface area is 186 Å². The van der Waals surface area contributed by atoms with Crippen molar-refractivity contribution in [3.63, 3.8) is 0 Å². The van der Waals surface area contributed by atoms with Crippen molar-refractivity contribution in [2.45, 2.75) is 17.4 Å². The van der Waals surface area contributed by atoms with Crippen molar-refractivity contribution in [2.75, 3.05) is 19.5 Å². The third-order valence-electron chi connectivity index (χ3n) is 4.67. The Morgan fingerprint density at radius 2 is 1.59 bits per heavy atom. The van der Waals surface area contributed by atoms with E-state index in [1.807, 2.05) is 6.07 Å². The number of carbonyl (C=O) groups excluding carboxylic acids is 1. The minimum absolute atomic E-state index is 0.111. The highest BCUT2D eigenvalue weighted by Gasteiger charge is 2.26. The van der Waals surface area contributed by atoms with Gasteiger partial charge in [0.2, 0.25) is 15.9 Å². The van der Waals surface area contributed by atoms with Gasteiger partial charge in [-0.3, -0.25) is 4.79 Å². The van der Waals surface area contributed by atoms with Crippen LogP contribution in [0.1, 0.15) is 5.56 Å². The first-order chi connectivity index (χ1) is 15.3. The van der Waals surface area contributed by atoms with Gasteiger partial charge in [0.15, 0.2) is 11.5 Å². The molecule has 0 aliphatic carbocycles. The molecule has 3 aromatic carbocycles. The van der Waals surface area contributed by atoms with Gasteiger partial charge in [-0.1, -0.05) is 30.3 Å². The third kappa shape index (κ3) is 5.83. The first-order valence-electron chi connectivity index (χ1n) is 9.67. The van der Waals surface area contributed by atoms with E-state index in [4.69, 9.17) is 9.47 Å². The Balaban J connectivity index is 1.86. The lowest BCUT2D eigenvalue weighted by Gasteiger charge is -2.19. The zero-order valence-corrected chi connectivity index (χ0v) is 18.4. The van der Waals surface area contributed by atoms with Crippen LogP contribution in [0.25, 0.3) is 0 Å². The summed E-state index contributed by atoms with van der Waals surface area (Å²) in [5.74, 6) is -0.220. The normalized spacial score (nSPS) is 12.1. The van der Waals surface area contributed by atoms with Gasteiger partial charge in [-0.05, 0) is 48.4 Å². The van der Waals surface area contributed by atoms with E-state index in [2.05, 4.69) is 10.0 Å². The number of anilines is 1. The molecule has 9 heteroatoms. The molecule has 0 aliphatic rings. The molecule has 7 nitrogen and oxygen atoms in total. The topological polar surface area (TPSA) is 93.7 Å². The maximum atomic E-state index is 13.2. The van der Waals surface area contributed by atoms with Crippen molar-refractivity contribution in [1.82, 2.24) is 4.72 Å². The lowest BCUT2D eigenvalue weighted by molar-refractivity contribution is -0.117. The van der Waals surface area contributed by atoms with Gasteiger partial charge in [-0.25, -0.2) is 12.8 Å². The van der Waals surface area contributed by atoms with Gasteiger partial charge in [0.05, 0.1) is 19.1 Å². The molecule has 0 unspecified atom stereocenters. The lowest BCUT2D eigenvalue weighted by atomic mass is 10.1. The molecule has 0 radical (unpaired) electrons. The molecule has 0 aliphatic heterocycles. The van der Waals surface area contributed by atoms with Gasteiger partial charge in [0.1, 0.15) is 11.9 Å². The van der Waals surface area contributed by atoms with Crippen molar-refractivity contribution >= 4 is 21.6 Å². The quantitative estimate of drug-likeness (QED) is 0.513. The molecule has 32 heavy (non-hydrogen) atoms. The Morgan fingerprint density at radius 3 is 2.22 bits per heavy atom. The van der Waals surface area contributed by atoms with Crippen LogP contribution in [-0.4, -0.2) is 34.6 Å². The van der Waals surface area contributed by atoms with Crippen molar-refractivity contribution in [3.05, 3.63) is 84.2 Å². The number of benzene rings is 3. The van der Waals surface area contributed by atoms with Crippen LogP contribution in [0.5, 0.6) is 11.5 Å². The minimum Gasteiger partial charge on any atom is -0.493 e. The van der Waals surface area contributed by atoms with Gasteiger partial charge in [0, 0.05) is 11.8 Å². The molecule has 0 bridgehead atoms. The second-order valence-corrected chi connectivity index (χ2v) is 8.59. The summed E-state index contributed by atoms with van der Waals surface area (Å²) >= 11 is 0. The van der Waals surface area contributed by atoms with Crippen LogP contribution >= 0.6 is 0 Å². The van der Waals surface area contributed by atoms with Crippen LogP contribution in [0.3, 0.4) is 0 Å². The number of hydrogen-bond donors (Lipinski definition) is 2. The summed E-state index contributed by atoms with van der Waals surface area (Å²) in [6.07, 6.45) is 0.111. The summed E-state index contributed by atoms with van der Waals surface area (Å²) < 4.78 is 51.7. The molecule has 0 saturated heterocycles. The standard InChI is InChI=1S/C23H23FN2O5S/c1-30-21-13-10-18(15-22(21)31-2)25-23(27)20(14-16-6-4-3-5-7-16)26-32(28,29)19-11-8-17(24)9-12-19/h3-13,15,20,26H,14H2,1-2H3,(H,25,27)/t20-/m1/s1. The van der Waals surface area contributed by atoms with Crippen molar-refractivity contribution in [3.8, 4) is 11.5 Å². The van der Waals surface area contributed by atoms with E-state index in [1.54, 1.807) is 42.5 Å². The molecular formula is C23H23FN2O5S. The van der Waals surface area contributed by atoms with Crippen molar-refractivity contribution in [1.29, 1.82) is 0 Å². The SMILES string of the molecule is COc1ccc(NC(=O)[C@@H](Cc2ccccc2)NS(=O)(=O)c2ccc(F)cc2)cc1OC. The van der Waals surface area contributed by atoms with E-state index >= 15 is 0 Å². The minimum atomic E-state index is -4.08. The van der Waals surface area contributed by atoms with Crippen LogP contribution < -0.4 is 19.5 Å². The van der Waals surface area contributed by atoms with Crippen LogP contribution in [0.2, 0.25) is 0 Å². The third-order valence-corrected chi connectivity index (χ3v) is 6.16. The first-order valence-corrected chi connectivity index (χ1v) is 11.2. The highest BCUT2D eigenvalue weighted by Crippen LogP contribution is 2.29. The monoisotopic (exact) mass is 458 g/mol. The highest BCUT2D eigenvalue weighted by atomic mass is 32.2. The van der Waals surface area contributed by atoms with Gasteiger partial charge in [0.25, 0.3) is 0 Å². The second kappa shape index (κ2) is 10.3. The van der Waals surface area contributed by atoms with E-state index in [1.165, 1.54) is 14.2 Å². The summed E-state index contributed by atoms with van der Waals surface area (Å²) in [5.41, 5.74) is 1.17. The molecule has 168 valence electrons. The molecule has 2 N–H and O–H groups in total. The largest absolute Gasteiger partial charge is 0.493 e. The number of amides is 1. The van der Waals surface area contributed by atoms with Gasteiger partial charge >= 0.3 is 0 Å². The fourth-order valence-electron chi connectivity index (χ4n) is 3.05. The summed E-state index contributed by atoms with van der Waals surface area (Å²) in [7, 11) is -1.11. The fraction of sp³-hybridized carbons (Fsp3) is 0.174. The highest BCUT2D eigenvalue weighted by molar-refractivity contribution is 7.89. The maximum absolute atomic E-state index is 13.2. The van der Waals surface area contributed by atoms with Gasteiger partial charge in [-0.15, -0.1) is 0 Å². The zero-order chi connectivity index (χ0) is 23.1. The number of hydrogen-bond acceptors (Lipinski definition) is 5. The number of rotatable bonds is 9. The van der Waals surface area contributed by atoms with E-state index < -0.39 is 27.8 Å². The molecule has 0 fully saturated rings. The molecule has 1 atom stereocenters. The molecule has 0 saturated carbocycles. The number of sulfonamides is 1. The van der Waals surface area contributed by atoms with Crippen molar-refractivity contribution < 1.29 is 27.1 Å². The van der Waals surface area contributed by atoms with E-state index in [-0.39, 0.29) is 11.3 Å². The Hall–Kier alpha value is -3.43. The Morgan fingerprint density at radius 1 is 0.938 bits per heavy atom. The Kier molecular flexibility index (Phi) is 7.45. The van der Waals surface area contributed by atoms with Crippen LogP contribution in [0.15, 0.2) is 77.7 Å². The molecule has 1 amide bonds. The van der Waals surface area contributed by atoms with Crippen LogP contribution in [0.4, 0.5) is 10.1 Å². The van der Waals surface area contributed by atoms with Gasteiger partial charge in [-0.2, -0.15) is 4.72 Å². The Bertz CT molecular complexity index is 1170. The number of halogens is 1. The maximum Gasteiger partial charge on any atom is 0.242 e. The van der Waals surface area contributed by atoms with Crippen molar-refractivity contribution in [2.24, 2.45) is 0 Å². The average molecular weight is 459 g/mol.